The number of halogens is 1. The summed E-state index contributed by atoms with van der Waals surface area (Å²) in [4.78, 5) is 27.4. The zero-order valence-electron chi connectivity index (χ0n) is 15.6. The molecule has 1 fully saturated rings. The largest absolute Gasteiger partial charge is 0.379 e. The second-order valence-electron chi connectivity index (χ2n) is 6.57. The summed E-state index contributed by atoms with van der Waals surface area (Å²) in [6.07, 6.45) is 0.874. The fraction of sp³-hybridized carbons (Fsp3) is 0.333. The molecular weight excluding hydrogens is 422 g/mol. The van der Waals surface area contributed by atoms with Crippen LogP contribution in [0.4, 0.5) is 5.69 Å². The molecule has 0 aromatic heterocycles. The number of ether oxygens (including phenoxy) is 1. The zero-order valence-corrected chi connectivity index (χ0v) is 17.2. The monoisotopic (exact) mass is 445 g/mol. The summed E-state index contributed by atoms with van der Waals surface area (Å²) in [5.74, 6) is -0.436. The minimum atomic E-state index is -0.250. The molecule has 0 radical (unpaired) electrons. The third kappa shape index (κ3) is 5.89. The van der Waals surface area contributed by atoms with Crippen molar-refractivity contribution in [2.24, 2.45) is 0 Å². The molecule has 0 bridgehead atoms. The highest BCUT2D eigenvalue weighted by molar-refractivity contribution is 9.10. The minimum absolute atomic E-state index is 0.186. The van der Waals surface area contributed by atoms with Gasteiger partial charge in [-0.1, -0.05) is 28.1 Å². The number of rotatable bonds is 7. The lowest BCUT2D eigenvalue weighted by molar-refractivity contribution is 0.0374. The highest BCUT2D eigenvalue weighted by Gasteiger charge is 2.14. The number of amides is 2. The van der Waals surface area contributed by atoms with E-state index in [1.807, 2.05) is 12.1 Å². The van der Waals surface area contributed by atoms with E-state index in [1.165, 1.54) is 0 Å². The first-order valence-electron chi connectivity index (χ1n) is 9.38. The van der Waals surface area contributed by atoms with Gasteiger partial charge < -0.3 is 15.4 Å². The van der Waals surface area contributed by atoms with E-state index in [0.29, 0.717) is 23.4 Å². The Bertz CT molecular complexity index is 805. The molecule has 2 N–H and O–H groups in total. The molecule has 148 valence electrons. The van der Waals surface area contributed by atoms with Crippen LogP contribution < -0.4 is 10.6 Å². The molecule has 7 heteroatoms. The third-order valence-corrected chi connectivity index (χ3v) is 5.10. The van der Waals surface area contributed by atoms with E-state index >= 15 is 0 Å². The lowest BCUT2D eigenvalue weighted by Crippen LogP contribution is -2.38. The highest BCUT2D eigenvalue weighted by Crippen LogP contribution is 2.17. The Morgan fingerprint density at radius 2 is 1.71 bits per heavy atom. The van der Waals surface area contributed by atoms with E-state index in [1.54, 1.807) is 36.4 Å². The van der Waals surface area contributed by atoms with Gasteiger partial charge in [-0.05, 0) is 49.4 Å². The number of benzene rings is 2. The number of nitrogens with zero attached hydrogens (tertiary/aromatic N) is 1. The van der Waals surface area contributed by atoms with Crippen LogP contribution in [0.15, 0.2) is 53.0 Å². The summed E-state index contributed by atoms with van der Waals surface area (Å²) in [6, 6.07) is 14.1. The summed E-state index contributed by atoms with van der Waals surface area (Å²) >= 11 is 3.35. The molecule has 2 aromatic carbocycles. The molecule has 1 aliphatic rings. The quantitative estimate of drug-likeness (QED) is 0.642. The lowest BCUT2D eigenvalue weighted by Gasteiger charge is -2.26. The van der Waals surface area contributed by atoms with Gasteiger partial charge in [-0.2, -0.15) is 0 Å². The average molecular weight is 446 g/mol. The van der Waals surface area contributed by atoms with Gasteiger partial charge in [0.15, 0.2) is 0 Å². The van der Waals surface area contributed by atoms with Crippen LogP contribution in [-0.2, 0) is 4.74 Å². The van der Waals surface area contributed by atoms with Crippen LogP contribution in [0.2, 0.25) is 0 Å². The lowest BCUT2D eigenvalue weighted by atomic mass is 10.1. The summed E-state index contributed by atoms with van der Waals surface area (Å²) in [7, 11) is 0. The first-order chi connectivity index (χ1) is 13.6. The van der Waals surface area contributed by atoms with Crippen LogP contribution in [0.1, 0.15) is 27.1 Å². The van der Waals surface area contributed by atoms with Gasteiger partial charge in [0.25, 0.3) is 11.8 Å². The first kappa shape index (κ1) is 20.5. The maximum absolute atomic E-state index is 12.6. The van der Waals surface area contributed by atoms with Crippen molar-refractivity contribution in [3.05, 3.63) is 64.1 Å². The zero-order chi connectivity index (χ0) is 19.8. The van der Waals surface area contributed by atoms with E-state index in [0.717, 1.165) is 43.7 Å². The Kier molecular flexibility index (Phi) is 7.59. The normalized spacial score (nSPS) is 14.5. The van der Waals surface area contributed by atoms with Crippen LogP contribution in [0.5, 0.6) is 0 Å². The van der Waals surface area contributed by atoms with Crippen molar-refractivity contribution in [1.29, 1.82) is 0 Å². The number of hydrogen-bond donors (Lipinski definition) is 2. The second kappa shape index (κ2) is 10.4. The van der Waals surface area contributed by atoms with Gasteiger partial charge in [0, 0.05) is 29.7 Å². The maximum Gasteiger partial charge on any atom is 0.255 e. The smallest absolute Gasteiger partial charge is 0.255 e. The van der Waals surface area contributed by atoms with Crippen LogP contribution in [0, 0.1) is 0 Å². The maximum atomic E-state index is 12.6. The van der Waals surface area contributed by atoms with Crippen molar-refractivity contribution >= 4 is 33.4 Å². The summed E-state index contributed by atoms with van der Waals surface area (Å²) < 4.78 is 6.24. The number of para-hydroxylation sites is 1. The van der Waals surface area contributed by atoms with E-state index in [-0.39, 0.29) is 11.8 Å². The van der Waals surface area contributed by atoms with Gasteiger partial charge >= 0.3 is 0 Å². The third-order valence-electron chi connectivity index (χ3n) is 4.57. The Labute approximate surface area is 173 Å². The molecule has 1 saturated heterocycles. The molecule has 6 nitrogen and oxygen atoms in total. The number of carbonyl (C=O) groups is 2. The van der Waals surface area contributed by atoms with Crippen molar-refractivity contribution in [2.45, 2.75) is 6.42 Å². The molecule has 28 heavy (non-hydrogen) atoms. The van der Waals surface area contributed by atoms with Gasteiger partial charge in [0.2, 0.25) is 0 Å². The van der Waals surface area contributed by atoms with Crippen LogP contribution in [-0.4, -0.2) is 56.1 Å². The predicted octanol–water partition coefficient (Wildman–Crippen LogP) is 3.15. The molecule has 2 amide bonds. The Balaban J connectivity index is 1.54. The second-order valence-corrected chi connectivity index (χ2v) is 7.49. The van der Waals surface area contributed by atoms with Crippen LogP contribution in [0.25, 0.3) is 0 Å². The number of morpholine rings is 1. The first-order valence-corrected chi connectivity index (χ1v) is 10.2. The van der Waals surface area contributed by atoms with Gasteiger partial charge in [0.1, 0.15) is 0 Å². The molecule has 0 atom stereocenters. The van der Waals surface area contributed by atoms with Gasteiger partial charge in [-0.15, -0.1) is 0 Å². The van der Waals surface area contributed by atoms with Crippen molar-refractivity contribution in [3.8, 4) is 0 Å². The summed E-state index contributed by atoms with van der Waals surface area (Å²) in [6.45, 7) is 4.96. The molecule has 2 aromatic rings. The van der Waals surface area contributed by atoms with E-state index < -0.39 is 0 Å². The standard InChI is InChI=1S/C21H24BrN3O3/c22-17-8-6-16(7-9-17)20(26)24-19-5-2-1-4-18(19)21(27)23-10-3-11-25-12-14-28-15-13-25/h1-2,4-9H,3,10-15H2,(H,23,27)(H,24,26). The van der Waals surface area contributed by atoms with Crippen molar-refractivity contribution in [3.63, 3.8) is 0 Å². The van der Waals surface area contributed by atoms with Crippen LogP contribution >= 0.6 is 15.9 Å². The fourth-order valence-corrected chi connectivity index (χ4v) is 3.27. The number of nitrogens with one attached hydrogen (secondary N) is 2. The average Bonchev–Trinajstić information content (AvgIpc) is 2.72. The van der Waals surface area contributed by atoms with Gasteiger partial charge in [0.05, 0.1) is 24.5 Å². The molecule has 0 spiro atoms. The Hall–Kier alpha value is -2.22. The number of carbonyl (C=O) groups excluding carboxylic acids is 2. The van der Waals surface area contributed by atoms with Crippen molar-refractivity contribution < 1.29 is 14.3 Å². The molecule has 0 aliphatic carbocycles. The predicted molar refractivity (Wildman–Crippen MR) is 113 cm³/mol. The van der Waals surface area contributed by atoms with Gasteiger partial charge in [-0.25, -0.2) is 0 Å². The number of hydrogen-bond acceptors (Lipinski definition) is 4. The Morgan fingerprint density at radius 1 is 1.00 bits per heavy atom. The van der Waals surface area contributed by atoms with E-state index in [4.69, 9.17) is 4.74 Å². The topological polar surface area (TPSA) is 70.7 Å². The Morgan fingerprint density at radius 3 is 2.46 bits per heavy atom. The molecule has 0 saturated carbocycles. The molecule has 1 aliphatic heterocycles. The molecule has 0 unspecified atom stereocenters. The SMILES string of the molecule is O=C(Nc1ccccc1C(=O)NCCCN1CCOCC1)c1ccc(Br)cc1. The molecule has 1 heterocycles. The summed E-state index contributed by atoms with van der Waals surface area (Å²) in [5.41, 5.74) is 1.49. The van der Waals surface area contributed by atoms with E-state index in [2.05, 4.69) is 31.5 Å². The van der Waals surface area contributed by atoms with Gasteiger partial charge in [-0.3, -0.25) is 14.5 Å². The van der Waals surface area contributed by atoms with E-state index in [9.17, 15) is 9.59 Å². The highest BCUT2D eigenvalue weighted by atomic mass is 79.9. The number of anilines is 1. The van der Waals surface area contributed by atoms with Crippen LogP contribution in [0.3, 0.4) is 0 Å². The van der Waals surface area contributed by atoms with Crippen molar-refractivity contribution in [2.75, 3.05) is 44.7 Å². The fourth-order valence-electron chi connectivity index (χ4n) is 3.01. The minimum Gasteiger partial charge on any atom is -0.379 e. The van der Waals surface area contributed by atoms with Crippen molar-refractivity contribution in [1.82, 2.24) is 10.2 Å². The molecule has 3 rings (SSSR count). The summed E-state index contributed by atoms with van der Waals surface area (Å²) in [5, 5.41) is 5.78. The molecular formula is C21H24BrN3O3.